The van der Waals surface area contributed by atoms with Gasteiger partial charge in [0.25, 0.3) is 0 Å². The maximum atomic E-state index is 12.3. The number of likely N-dealkylation sites (N-methyl/N-ethyl adjacent to an activating group) is 1. The molecule has 3 atom stereocenters. The highest BCUT2D eigenvalue weighted by molar-refractivity contribution is 5.82. The summed E-state index contributed by atoms with van der Waals surface area (Å²) in [5.74, 6) is 1.63. The molecule has 1 aliphatic rings. The molecular weight excluding hydrogens is 304 g/mol. The SMILES string of the molecule is COc1ccc(CC(C)N(C)C(=O)CCNC(=O)C2CC2C)cc1. The first-order chi connectivity index (χ1) is 11.4. The number of rotatable bonds is 8. The second kappa shape index (κ2) is 8.18. The van der Waals surface area contributed by atoms with Crippen molar-refractivity contribution in [3.05, 3.63) is 29.8 Å². The first-order valence-electron chi connectivity index (χ1n) is 8.58. The van der Waals surface area contributed by atoms with E-state index in [1.807, 2.05) is 38.2 Å². The summed E-state index contributed by atoms with van der Waals surface area (Å²) in [5.41, 5.74) is 1.17. The molecule has 0 aliphatic heterocycles. The number of amides is 2. The van der Waals surface area contributed by atoms with Crippen molar-refractivity contribution in [1.82, 2.24) is 10.2 Å². The van der Waals surface area contributed by atoms with Crippen LogP contribution in [0.2, 0.25) is 0 Å². The highest BCUT2D eigenvalue weighted by Gasteiger charge is 2.38. The predicted octanol–water partition coefficient (Wildman–Crippen LogP) is 2.25. The number of hydrogen-bond acceptors (Lipinski definition) is 3. The second-order valence-electron chi connectivity index (χ2n) is 6.77. The van der Waals surface area contributed by atoms with E-state index in [4.69, 9.17) is 4.74 Å². The first kappa shape index (κ1) is 18.3. The van der Waals surface area contributed by atoms with Crippen molar-refractivity contribution in [2.75, 3.05) is 20.7 Å². The van der Waals surface area contributed by atoms with E-state index in [2.05, 4.69) is 12.2 Å². The Labute approximate surface area is 144 Å². The highest BCUT2D eigenvalue weighted by Crippen LogP contribution is 2.37. The molecule has 1 aromatic rings. The zero-order valence-corrected chi connectivity index (χ0v) is 15.0. The van der Waals surface area contributed by atoms with Crippen LogP contribution in [0.1, 0.15) is 32.3 Å². The van der Waals surface area contributed by atoms with E-state index in [1.165, 1.54) is 5.56 Å². The fraction of sp³-hybridized carbons (Fsp3) is 0.579. The Hall–Kier alpha value is -2.04. The topological polar surface area (TPSA) is 58.6 Å². The van der Waals surface area contributed by atoms with Gasteiger partial charge in [-0.1, -0.05) is 19.1 Å². The number of nitrogens with one attached hydrogen (secondary N) is 1. The monoisotopic (exact) mass is 332 g/mol. The van der Waals surface area contributed by atoms with Crippen molar-refractivity contribution < 1.29 is 14.3 Å². The lowest BCUT2D eigenvalue weighted by Gasteiger charge is -2.25. The van der Waals surface area contributed by atoms with E-state index >= 15 is 0 Å². The summed E-state index contributed by atoms with van der Waals surface area (Å²) in [4.78, 5) is 25.8. The molecule has 1 aromatic carbocycles. The molecule has 0 heterocycles. The highest BCUT2D eigenvalue weighted by atomic mass is 16.5. The van der Waals surface area contributed by atoms with Gasteiger partial charge in [0.1, 0.15) is 5.75 Å². The number of benzene rings is 1. The summed E-state index contributed by atoms with van der Waals surface area (Å²) >= 11 is 0. The summed E-state index contributed by atoms with van der Waals surface area (Å²) in [7, 11) is 3.47. The Morgan fingerprint density at radius 1 is 1.33 bits per heavy atom. The lowest BCUT2D eigenvalue weighted by Crippen LogP contribution is -2.38. The Bertz CT molecular complexity index is 570. The van der Waals surface area contributed by atoms with Gasteiger partial charge in [0.15, 0.2) is 0 Å². The molecule has 5 heteroatoms. The Morgan fingerprint density at radius 3 is 2.50 bits per heavy atom. The van der Waals surface area contributed by atoms with E-state index in [0.29, 0.717) is 18.9 Å². The summed E-state index contributed by atoms with van der Waals surface area (Å²) in [6.45, 7) is 4.52. The zero-order valence-electron chi connectivity index (χ0n) is 15.0. The number of ether oxygens (including phenoxy) is 1. The molecule has 0 bridgehead atoms. The van der Waals surface area contributed by atoms with E-state index < -0.39 is 0 Å². The van der Waals surface area contributed by atoms with Gasteiger partial charge in [-0.3, -0.25) is 9.59 Å². The van der Waals surface area contributed by atoms with Crippen molar-refractivity contribution in [2.24, 2.45) is 11.8 Å². The molecule has 1 saturated carbocycles. The summed E-state index contributed by atoms with van der Waals surface area (Å²) in [6, 6.07) is 8.00. The minimum Gasteiger partial charge on any atom is -0.497 e. The number of hydrogen-bond donors (Lipinski definition) is 1. The van der Waals surface area contributed by atoms with E-state index in [0.717, 1.165) is 18.6 Å². The van der Waals surface area contributed by atoms with E-state index in [9.17, 15) is 9.59 Å². The van der Waals surface area contributed by atoms with Gasteiger partial charge in [0.2, 0.25) is 11.8 Å². The summed E-state index contributed by atoms with van der Waals surface area (Å²) in [5, 5.41) is 2.86. The van der Waals surface area contributed by atoms with Crippen LogP contribution in [0.4, 0.5) is 0 Å². The molecule has 24 heavy (non-hydrogen) atoms. The predicted molar refractivity (Wildman–Crippen MR) is 93.8 cm³/mol. The smallest absolute Gasteiger partial charge is 0.224 e. The van der Waals surface area contributed by atoms with Gasteiger partial charge >= 0.3 is 0 Å². The minimum atomic E-state index is 0.0557. The molecule has 132 valence electrons. The lowest BCUT2D eigenvalue weighted by atomic mass is 10.1. The standard InChI is InChI=1S/C19H28N2O3/c1-13-11-17(13)19(23)20-10-9-18(22)21(3)14(2)12-15-5-7-16(24-4)8-6-15/h5-8,13-14,17H,9-12H2,1-4H3,(H,20,23). The van der Waals surface area contributed by atoms with Gasteiger partial charge in [-0.05, 0) is 43.4 Å². The van der Waals surface area contributed by atoms with Gasteiger partial charge in [0.05, 0.1) is 7.11 Å². The molecule has 2 rings (SSSR count). The average molecular weight is 332 g/mol. The summed E-state index contributed by atoms with van der Waals surface area (Å²) in [6.07, 6.45) is 2.10. The van der Waals surface area contributed by atoms with Gasteiger partial charge in [0, 0.05) is 32.0 Å². The van der Waals surface area contributed by atoms with Crippen molar-refractivity contribution in [1.29, 1.82) is 0 Å². The van der Waals surface area contributed by atoms with Crippen LogP contribution in [-0.2, 0) is 16.0 Å². The Balaban J connectivity index is 1.73. The van der Waals surface area contributed by atoms with E-state index in [1.54, 1.807) is 12.0 Å². The molecule has 2 amide bonds. The van der Waals surface area contributed by atoms with Crippen LogP contribution in [-0.4, -0.2) is 43.5 Å². The van der Waals surface area contributed by atoms with Crippen LogP contribution in [0.25, 0.3) is 0 Å². The van der Waals surface area contributed by atoms with Crippen LogP contribution in [0.15, 0.2) is 24.3 Å². The maximum Gasteiger partial charge on any atom is 0.224 e. The van der Waals surface area contributed by atoms with E-state index in [-0.39, 0.29) is 23.8 Å². The molecule has 1 fully saturated rings. The number of carbonyl (C=O) groups is 2. The fourth-order valence-corrected chi connectivity index (χ4v) is 2.77. The van der Waals surface area contributed by atoms with Gasteiger partial charge < -0.3 is 15.0 Å². The fourth-order valence-electron chi connectivity index (χ4n) is 2.77. The Kier molecular flexibility index (Phi) is 6.23. The number of nitrogens with zero attached hydrogens (tertiary/aromatic N) is 1. The zero-order chi connectivity index (χ0) is 17.7. The molecule has 0 spiro atoms. The normalized spacial score (nSPS) is 20.2. The Morgan fingerprint density at radius 2 is 1.96 bits per heavy atom. The molecule has 1 N–H and O–H groups in total. The van der Waals surface area contributed by atoms with Crippen molar-refractivity contribution in [3.63, 3.8) is 0 Å². The second-order valence-corrected chi connectivity index (χ2v) is 6.77. The molecular formula is C19H28N2O3. The molecule has 1 aliphatic carbocycles. The van der Waals surface area contributed by atoms with Crippen molar-refractivity contribution in [3.8, 4) is 5.75 Å². The minimum absolute atomic E-state index is 0.0557. The third-order valence-corrected chi connectivity index (χ3v) is 4.83. The molecule has 0 radical (unpaired) electrons. The van der Waals surface area contributed by atoms with Crippen LogP contribution in [0.5, 0.6) is 5.75 Å². The van der Waals surface area contributed by atoms with Gasteiger partial charge in [-0.25, -0.2) is 0 Å². The number of carbonyl (C=O) groups excluding carboxylic acids is 2. The van der Waals surface area contributed by atoms with Crippen LogP contribution in [0.3, 0.4) is 0 Å². The summed E-state index contributed by atoms with van der Waals surface area (Å²) < 4.78 is 5.15. The quantitative estimate of drug-likeness (QED) is 0.794. The van der Waals surface area contributed by atoms with Gasteiger partial charge in [-0.15, -0.1) is 0 Å². The average Bonchev–Trinajstić information content (AvgIpc) is 3.31. The van der Waals surface area contributed by atoms with Gasteiger partial charge in [-0.2, -0.15) is 0 Å². The van der Waals surface area contributed by atoms with Crippen LogP contribution in [0, 0.1) is 11.8 Å². The molecule has 0 saturated heterocycles. The largest absolute Gasteiger partial charge is 0.497 e. The van der Waals surface area contributed by atoms with Crippen LogP contribution < -0.4 is 10.1 Å². The lowest BCUT2D eigenvalue weighted by molar-refractivity contribution is -0.131. The molecule has 3 unspecified atom stereocenters. The third kappa shape index (κ3) is 4.98. The number of methoxy groups -OCH3 is 1. The van der Waals surface area contributed by atoms with Crippen LogP contribution >= 0.6 is 0 Å². The third-order valence-electron chi connectivity index (χ3n) is 4.83. The maximum absolute atomic E-state index is 12.3. The van der Waals surface area contributed by atoms with Crippen molar-refractivity contribution in [2.45, 2.75) is 39.2 Å². The molecule has 5 nitrogen and oxygen atoms in total. The van der Waals surface area contributed by atoms with Crippen molar-refractivity contribution >= 4 is 11.8 Å². The first-order valence-corrected chi connectivity index (χ1v) is 8.58. The molecule has 0 aromatic heterocycles.